The third-order valence-electron chi connectivity index (χ3n) is 2.76. The summed E-state index contributed by atoms with van der Waals surface area (Å²) in [6.07, 6.45) is -18.7. The van der Waals surface area contributed by atoms with Crippen LogP contribution < -0.4 is 0 Å². The second-order valence-electron chi connectivity index (χ2n) is 4.01. The Hall–Kier alpha value is -0.645. The summed E-state index contributed by atoms with van der Waals surface area (Å²) in [6.45, 7) is 0.181. The van der Waals surface area contributed by atoms with E-state index in [1.807, 2.05) is 0 Å². The molecule has 1 heterocycles. The van der Waals surface area contributed by atoms with E-state index in [4.69, 9.17) is 0 Å². The Morgan fingerprint density at radius 2 is 1.11 bits per heavy atom. The number of halogens is 9. The minimum Gasteiger partial charge on any atom is -0.395 e. The van der Waals surface area contributed by atoms with Crippen molar-refractivity contribution in [2.75, 3.05) is 0 Å². The highest BCUT2D eigenvalue weighted by Crippen LogP contribution is 2.61. The van der Waals surface area contributed by atoms with Crippen molar-refractivity contribution in [1.29, 1.82) is 0 Å². The van der Waals surface area contributed by atoms with Crippen molar-refractivity contribution in [1.82, 2.24) is 0 Å². The molecule has 1 unspecified atom stereocenters. The highest BCUT2D eigenvalue weighted by atomic mass is 19.4. The second kappa shape index (κ2) is 3.93. The van der Waals surface area contributed by atoms with Gasteiger partial charge in [0.15, 0.2) is 5.60 Å². The smallest absolute Gasteiger partial charge is 0.395 e. The maximum atomic E-state index is 12.7. The summed E-state index contributed by atoms with van der Waals surface area (Å²) in [4.78, 5) is 0. The molecule has 0 radical (unpaired) electrons. The molecule has 0 spiro atoms. The lowest BCUT2D eigenvalue weighted by molar-refractivity contribution is -0.414. The molecule has 19 heavy (non-hydrogen) atoms. The van der Waals surface area contributed by atoms with Gasteiger partial charge in [0.2, 0.25) is 0 Å². The van der Waals surface area contributed by atoms with Crippen molar-refractivity contribution in [2.24, 2.45) is 0 Å². The summed E-state index contributed by atoms with van der Waals surface area (Å²) in [5, 5.41) is 0. The van der Waals surface area contributed by atoms with E-state index in [2.05, 4.69) is 9.31 Å². The lowest BCUT2D eigenvalue weighted by Gasteiger charge is -2.43. The molecule has 1 fully saturated rings. The zero-order valence-electron chi connectivity index (χ0n) is 9.30. The van der Waals surface area contributed by atoms with Crippen LogP contribution in [0.2, 0.25) is 6.82 Å². The Balaban J connectivity index is 3.62. The molecule has 0 aromatic rings. The molecule has 0 aromatic heterocycles. The fourth-order valence-corrected chi connectivity index (χ4v) is 1.90. The van der Waals surface area contributed by atoms with Gasteiger partial charge in [0.1, 0.15) is 0 Å². The Bertz CT molecular complexity index is 345. The highest BCUT2D eigenvalue weighted by molar-refractivity contribution is 6.43. The van der Waals surface area contributed by atoms with Crippen LogP contribution in [0.5, 0.6) is 0 Å². The predicted molar refractivity (Wildman–Crippen MR) is 43.1 cm³/mol. The van der Waals surface area contributed by atoms with Crippen LogP contribution in [0.3, 0.4) is 0 Å². The third kappa shape index (κ3) is 1.99. The fraction of sp³-hybridized carbons (Fsp3) is 1.00. The molecule has 0 amide bonds. The van der Waals surface area contributed by atoms with Crippen LogP contribution >= 0.6 is 0 Å². The quantitative estimate of drug-likeness (QED) is 0.505. The topological polar surface area (TPSA) is 18.5 Å². The molecule has 0 bridgehead atoms. The van der Waals surface area contributed by atoms with Gasteiger partial charge in [-0.15, -0.1) is 0 Å². The minimum absolute atomic E-state index is 0.336. The Morgan fingerprint density at radius 3 is 1.32 bits per heavy atom. The Morgan fingerprint density at radius 1 is 0.737 bits per heavy atom. The number of alkyl halides is 9. The molecular weight excluding hydrogens is 298 g/mol. The van der Waals surface area contributed by atoms with Crippen LogP contribution in [0.4, 0.5) is 39.5 Å². The summed E-state index contributed by atoms with van der Waals surface area (Å²) in [5.41, 5.74) is -10.1. The number of rotatable bonds is 0. The van der Waals surface area contributed by atoms with Crippen LogP contribution in [0.15, 0.2) is 0 Å². The molecule has 1 atom stereocenters. The van der Waals surface area contributed by atoms with Crippen molar-refractivity contribution >= 4 is 7.12 Å². The van der Waals surface area contributed by atoms with Crippen molar-refractivity contribution in [3.05, 3.63) is 0 Å². The van der Waals surface area contributed by atoms with E-state index < -0.39 is 36.8 Å². The summed E-state index contributed by atoms with van der Waals surface area (Å²) in [6, 6.07) is 0. The monoisotopic (exact) mass is 304 g/mol. The van der Waals surface area contributed by atoms with E-state index in [9.17, 15) is 39.5 Å². The third-order valence-corrected chi connectivity index (χ3v) is 2.76. The molecular formula is C7H6BF9O2. The first-order valence-corrected chi connectivity index (χ1v) is 4.66. The van der Waals surface area contributed by atoms with Crippen LogP contribution in [0, 0.1) is 0 Å². The zero-order chi connectivity index (χ0) is 15.5. The molecule has 1 aliphatic heterocycles. The van der Waals surface area contributed by atoms with Gasteiger partial charge in [-0.1, -0.05) is 0 Å². The van der Waals surface area contributed by atoms with Crippen molar-refractivity contribution in [3.63, 3.8) is 0 Å². The van der Waals surface area contributed by atoms with Gasteiger partial charge in [-0.3, -0.25) is 0 Å². The summed E-state index contributed by atoms with van der Waals surface area (Å²) in [5.74, 6) is 0. The molecule has 12 heteroatoms. The van der Waals surface area contributed by atoms with E-state index in [-0.39, 0.29) is 6.92 Å². The van der Waals surface area contributed by atoms with Crippen LogP contribution in [0.25, 0.3) is 0 Å². The van der Waals surface area contributed by atoms with E-state index in [1.165, 1.54) is 0 Å². The maximum Gasteiger partial charge on any atom is 0.455 e. The minimum atomic E-state index is -6.36. The summed E-state index contributed by atoms with van der Waals surface area (Å²) in [7, 11) is -2.32. The van der Waals surface area contributed by atoms with Crippen molar-refractivity contribution < 1.29 is 48.8 Å². The Labute approximate surface area is 101 Å². The first-order chi connectivity index (χ1) is 8.10. The lowest BCUT2D eigenvalue weighted by atomic mass is 9.82. The number of hydrogen-bond donors (Lipinski definition) is 0. The molecule has 0 aliphatic carbocycles. The normalized spacial score (nSPS) is 28.9. The van der Waals surface area contributed by atoms with E-state index >= 15 is 0 Å². The summed E-state index contributed by atoms with van der Waals surface area (Å²) >= 11 is 0. The van der Waals surface area contributed by atoms with E-state index in [0.29, 0.717) is 6.82 Å². The second-order valence-corrected chi connectivity index (χ2v) is 4.01. The van der Waals surface area contributed by atoms with Gasteiger partial charge >= 0.3 is 25.6 Å². The molecule has 0 aromatic carbocycles. The first kappa shape index (κ1) is 16.4. The van der Waals surface area contributed by atoms with Gasteiger partial charge in [-0.25, -0.2) is 0 Å². The van der Waals surface area contributed by atoms with Gasteiger partial charge in [-0.2, -0.15) is 39.5 Å². The van der Waals surface area contributed by atoms with Crippen molar-refractivity contribution in [2.45, 2.75) is 43.5 Å². The molecule has 2 nitrogen and oxygen atoms in total. The van der Waals surface area contributed by atoms with E-state index in [0.717, 1.165) is 0 Å². The van der Waals surface area contributed by atoms with Crippen molar-refractivity contribution in [3.8, 4) is 0 Å². The standard InChI is InChI=1S/C7H6BF9O2/c1-3(5(9,10)11)4(6(12,13)14,7(15,16)17)19-8(2)18-3/h1-2H3. The molecule has 1 rings (SSSR count). The molecule has 1 saturated heterocycles. The number of hydrogen-bond acceptors (Lipinski definition) is 2. The van der Waals surface area contributed by atoms with Crippen LogP contribution in [0.1, 0.15) is 6.92 Å². The van der Waals surface area contributed by atoms with Gasteiger partial charge < -0.3 is 9.31 Å². The summed E-state index contributed by atoms with van der Waals surface area (Å²) < 4.78 is 121. The average molecular weight is 304 g/mol. The van der Waals surface area contributed by atoms with E-state index in [1.54, 1.807) is 0 Å². The fourth-order valence-electron chi connectivity index (χ4n) is 1.90. The maximum absolute atomic E-state index is 12.7. The SMILES string of the molecule is CB1OC(C)(C(F)(F)F)C(C(F)(F)F)(C(F)(F)F)O1. The molecule has 0 saturated carbocycles. The van der Waals surface area contributed by atoms with Gasteiger partial charge in [0.05, 0.1) is 0 Å². The van der Waals surface area contributed by atoms with Gasteiger partial charge in [0, 0.05) is 0 Å². The van der Waals surface area contributed by atoms with Crippen LogP contribution in [-0.4, -0.2) is 36.8 Å². The largest absolute Gasteiger partial charge is 0.455 e. The lowest BCUT2D eigenvalue weighted by Crippen LogP contribution is -2.72. The zero-order valence-corrected chi connectivity index (χ0v) is 9.30. The predicted octanol–water partition coefficient (Wildman–Crippen LogP) is 3.34. The van der Waals surface area contributed by atoms with Gasteiger partial charge in [-0.05, 0) is 13.7 Å². The molecule has 1 aliphatic rings. The highest BCUT2D eigenvalue weighted by Gasteiger charge is 2.89. The van der Waals surface area contributed by atoms with Gasteiger partial charge in [0.25, 0.3) is 5.60 Å². The molecule has 0 N–H and O–H groups in total. The Kier molecular flexibility index (Phi) is 3.40. The first-order valence-electron chi connectivity index (χ1n) is 4.66. The van der Waals surface area contributed by atoms with Crippen LogP contribution in [-0.2, 0) is 9.31 Å². The average Bonchev–Trinajstić information content (AvgIpc) is 2.35. The molecule has 112 valence electrons.